The van der Waals surface area contributed by atoms with Crippen LogP contribution in [0.2, 0.25) is 0 Å². The van der Waals surface area contributed by atoms with Crippen molar-refractivity contribution < 1.29 is 55.0 Å². The molecule has 0 aliphatic rings. The third-order valence-electron chi connectivity index (χ3n) is 6.57. The predicted octanol–water partition coefficient (Wildman–Crippen LogP) is 1.79. The Morgan fingerprint density at radius 1 is 0.667 bits per heavy atom. The quantitative estimate of drug-likeness (QED) is 0.0925. The maximum atomic E-state index is 13.7. The van der Waals surface area contributed by atoms with Crippen LogP contribution in [-0.4, -0.2) is 72.0 Å². The molecule has 1 aromatic heterocycles. The minimum absolute atomic E-state index is 0. The van der Waals surface area contributed by atoms with Crippen LogP contribution in [0.25, 0.3) is 10.8 Å². The fourth-order valence-electron chi connectivity index (χ4n) is 4.27. The van der Waals surface area contributed by atoms with Crippen molar-refractivity contribution in [2.75, 3.05) is 64.9 Å². The van der Waals surface area contributed by atoms with Crippen molar-refractivity contribution in [3.63, 3.8) is 0 Å². The van der Waals surface area contributed by atoms with Gasteiger partial charge in [0, 0.05) is 24.9 Å². The molecule has 0 bridgehead atoms. The Labute approximate surface area is 269 Å². The zero-order valence-electron chi connectivity index (χ0n) is 25.3. The highest BCUT2D eigenvalue weighted by Gasteiger charge is 2.20. The Bertz CT molecular complexity index is 1440. The van der Waals surface area contributed by atoms with E-state index in [1.807, 2.05) is 72.8 Å². The summed E-state index contributed by atoms with van der Waals surface area (Å²) in [5.74, 6) is -0.141. The lowest BCUT2D eigenvalue weighted by Gasteiger charge is -2.23. The molecule has 1 heterocycles. The first kappa shape index (κ1) is 35.4. The lowest BCUT2D eigenvalue weighted by atomic mass is 10.1. The van der Waals surface area contributed by atoms with Crippen LogP contribution in [0, 0.1) is 0 Å². The fraction of sp³-hybridized carbons (Fsp3) is 0.324. The van der Waals surface area contributed by atoms with E-state index >= 15 is 0 Å². The van der Waals surface area contributed by atoms with Gasteiger partial charge in [-0.05, 0) is 28.5 Å². The third kappa shape index (κ3) is 12.1. The number of ether oxygens (including phenoxy) is 6. The van der Waals surface area contributed by atoms with Crippen molar-refractivity contribution in [3.05, 3.63) is 108 Å². The smallest absolute Gasteiger partial charge is 0.513 e. The van der Waals surface area contributed by atoms with E-state index in [1.54, 1.807) is 41.1 Å². The number of methoxy groups -OCH3 is 1. The van der Waals surface area contributed by atoms with E-state index in [9.17, 15) is 9.59 Å². The lowest BCUT2D eigenvalue weighted by molar-refractivity contribution is -0.727. The van der Waals surface area contributed by atoms with Crippen molar-refractivity contribution in [3.8, 4) is 0 Å². The monoisotopic (exact) mass is 638 g/mol. The van der Waals surface area contributed by atoms with Gasteiger partial charge in [0.1, 0.15) is 6.61 Å². The number of hydrogen-bond acceptors (Lipinski definition) is 8. The Morgan fingerprint density at radius 2 is 1.27 bits per heavy atom. The number of halogens is 1. The van der Waals surface area contributed by atoms with Gasteiger partial charge in [-0.25, -0.2) is 4.79 Å². The zero-order chi connectivity index (χ0) is 30.8. The molecule has 45 heavy (non-hydrogen) atoms. The third-order valence-corrected chi connectivity index (χ3v) is 6.57. The van der Waals surface area contributed by atoms with E-state index in [4.69, 9.17) is 28.4 Å². The number of pyridine rings is 1. The molecule has 3 aromatic carbocycles. The summed E-state index contributed by atoms with van der Waals surface area (Å²) < 4.78 is 32.8. The first-order chi connectivity index (χ1) is 21.6. The number of hydrogen-bond donors (Lipinski definition) is 0. The van der Waals surface area contributed by atoms with Gasteiger partial charge in [-0.1, -0.05) is 60.7 Å². The second-order valence-corrected chi connectivity index (χ2v) is 9.71. The molecule has 11 heteroatoms. The number of fused-ring (bicyclic) bond motifs is 1. The molecule has 0 atom stereocenters. The summed E-state index contributed by atoms with van der Waals surface area (Å²) in [5.41, 5.74) is 2.33. The topological polar surface area (TPSA) is 96.6 Å². The predicted molar refractivity (Wildman–Crippen MR) is 164 cm³/mol. The first-order valence-corrected chi connectivity index (χ1v) is 14.5. The van der Waals surface area contributed by atoms with Crippen molar-refractivity contribution in [1.82, 2.24) is 0 Å². The van der Waals surface area contributed by atoms with Crippen molar-refractivity contribution in [1.29, 1.82) is 0 Å². The molecule has 0 aliphatic carbocycles. The maximum Gasteiger partial charge on any atom is 0.513 e. The van der Waals surface area contributed by atoms with Crippen LogP contribution in [0.3, 0.4) is 0 Å². The summed E-state index contributed by atoms with van der Waals surface area (Å²) >= 11 is 0. The van der Waals surface area contributed by atoms with Crippen LogP contribution in [0.4, 0.5) is 10.5 Å². The van der Waals surface area contributed by atoms with E-state index in [1.165, 1.54) is 0 Å². The zero-order valence-corrected chi connectivity index (χ0v) is 26.1. The molecule has 0 unspecified atom stereocenters. The molecular weight excluding hydrogens is 600 g/mol. The van der Waals surface area contributed by atoms with Gasteiger partial charge in [-0.3, -0.25) is 4.79 Å². The normalized spacial score (nSPS) is 10.7. The van der Waals surface area contributed by atoms with Crippen LogP contribution in [0.5, 0.6) is 0 Å². The van der Waals surface area contributed by atoms with Crippen LogP contribution in [0.1, 0.15) is 15.9 Å². The Balaban J connectivity index is 0.00000552. The molecule has 1 amide bonds. The van der Waals surface area contributed by atoms with Crippen LogP contribution in [0.15, 0.2) is 97.3 Å². The first-order valence-electron chi connectivity index (χ1n) is 14.5. The molecule has 0 aliphatic heterocycles. The highest BCUT2D eigenvalue weighted by Crippen LogP contribution is 2.25. The molecule has 0 saturated heterocycles. The van der Waals surface area contributed by atoms with Crippen LogP contribution < -0.4 is 21.9 Å². The highest BCUT2D eigenvalue weighted by atomic mass is 35.5. The standard InChI is InChI=1S/C34H39N2O8.ClH/c1-39-17-18-40-19-20-41-21-22-42-23-24-43-34(38)44-27-35-15-13-30(14-16-35)33(37)36(26-28-7-3-2-4-8-28)32-12-11-29-9-5-6-10-31(29)25-32;/h2-16,25H,17-24,26-27H2,1H3;1H/q+1;/p-1. The molecule has 10 nitrogen and oxygen atoms in total. The number of aromatic nitrogens is 1. The molecule has 0 saturated carbocycles. The minimum atomic E-state index is -0.809. The molecule has 4 rings (SSSR count). The number of amides is 1. The van der Waals surface area contributed by atoms with Gasteiger partial charge in [-0.2, -0.15) is 4.57 Å². The fourth-order valence-corrected chi connectivity index (χ4v) is 4.27. The Kier molecular flexibility index (Phi) is 15.8. The largest absolute Gasteiger partial charge is 1.00 e. The summed E-state index contributed by atoms with van der Waals surface area (Å²) in [6, 6.07) is 27.4. The summed E-state index contributed by atoms with van der Waals surface area (Å²) in [7, 11) is 1.62. The summed E-state index contributed by atoms with van der Waals surface area (Å²) in [4.78, 5) is 27.5. The summed E-state index contributed by atoms with van der Waals surface area (Å²) in [5, 5.41) is 2.17. The molecular formula is C34H39ClN2O8. The van der Waals surface area contributed by atoms with Gasteiger partial charge in [0.05, 0.1) is 58.4 Å². The van der Waals surface area contributed by atoms with E-state index in [0.717, 1.165) is 22.0 Å². The summed E-state index contributed by atoms with van der Waals surface area (Å²) in [6.07, 6.45) is 2.57. The molecule has 0 fully saturated rings. The SMILES string of the molecule is COCCOCCOCCOCCOC(=O)OC[n+]1ccc(C(=O)N(Cc2ccccc2)c2ccc3ccccc3c2)cc1.[Cl-]. The van der Waals surface area contributed by atoms with Crippen molar-refractivity contribution in [2.45, 2.75) is 13.3 Å². The average Bonchev–Trinajstić information content (AvgIpc) is 3.07. The van der Waals surface area contributed by atoms with E-state index < -0.39 is 6.16 Å². The number of anilines is 1. The molecule has 0 N–H and O–H groups in total. The van der Waals surface area contributed by atoms with Gasteiger partial charge < -0.3 is 45.7 Å². The molecule has 0 spiro atoms. The van der Waals surface area contributed by atoms with Crippen molar-refractivity contribution >= 4 is 28.5 Å². The van der Waals surface area contributed by atoms with Crippen LogP contribution in [-0.2, 0) is 41.7 Å². The molecule has 0 radical (unpaired) electrons. The number of nitrogens with zero attached hydrogens (tertiary/aromatic N) is 2. The van der Waals surface area contributed by atoms with Crippen LogP contribution >= 0.6 is 0 Å². The van der Waals surface area contributed by atoms with Gasteiger partial charge in [0.15, 0.2) is 12.4 Å². The number of carbonyl (C=O) groups is 2. The van der Waals surface area contributed by atoms with E-state index in [2.05, 4.69) is 0 Å². The highest BCUT2D eigenvalue weighted by molar-refractivity contribution is 6.06. The van der Waals surface area contributed by atoms with Gasteiger partial charge in [0.2, 0.25) is 0 Å². The van der Waals surface area contributed by atoms with Gasteiger partial charge in [-0.15, -0.1) is 0 Å². The maximum absolute atomic E-state index is 13.7. The molecule has 4 aromatic rings. The average molecular weight is 639 g/mol. The number of benzene rings is 3. The van der Waals surface area contributed by atoms with Gasteiger partial charge in [0.25, 0.3) is 12.6 Å². The lowest BCUT2D eigenvalue weighted by Crippen LogP contribution is -3.00. The summed E-state index contributed by atoms with van der Waals surface area (Å²) in [6.45, 7) is 3.49. The van der Waals surface area contributed by atoms with E-state index in [0.29, 0.717) is 51.7 Å². The second-order valence-electron chi connectivity index (χ2n) is 9.71. The van der Waals surface area contributed by atoms with Gasteiger partial charge >= 0.3 is 6.16 Å². The second kappa shape index (κ2) is 20.1. The number of carbonyl (C=O) groups excluding carboxylic acids is 2. The Morgan fingerprint density at radius 3 is 1.93 bits per heavy atom. The van der Waals surface area contributed by atoms with E-state index in [-0.39, 0.29) is 38.3 Å². The number of rotatable bonds is 18. The minimum Gasteiger partial charge on any atom is -1.00 e. The van der Waals surface area contributed by atoms with Crippen molar-refractivity contribution in [2.24, 2.45) is 0 Å². The Hall–Kier alpha value is -4.06. The molecule has 240 valence electrons.